The molecule has 5 nitrogen and oxygen atoms in total. The van der Waals surface area contributed by atoms with Gasteiger partial charge in [0.25, 0.3) is 5.91 Å². The summed E-state index contributed by atoms with van der Waals surface area (Å²) in [6.07, 6.45) is 0.688. The summed E-state index contributed by atoms with van der Waals surface area (Å²) in [7, 11) is 1.61. The molecule has 1 aliphatic rings. The fraction of sp³-hybridized carbons (Fsp3) is 0.435. The molecule has 0 unspecified atom stereocenters. The third-order valence-electron chi connectivity index (χ3n) is 4.93. The van der Waals surface area contributed by atoms with Crippen LogP contribution in [0.4, 0.5) is 0 Å². The normalized spacial score (nSPS) is 18.4. The van der Waals surface area contributed by atoms with Crippen molar-refractivity contribution in [1.82, 2.24) is 5.32 Å². The number of hydrogen-bond donors (Lipinski definition) is 1. The van der Waals surface area contributed by atoms with Crippen LogP contribution >= 0.6 is 0 Å². The average Bonchev–Trinajstić information content (AvgIpc) is 2.64. The molecule has 0 bridgehead atoms. The summed E-state index contributed by atoms with van der Waals surface area (Å²) in [6, 6.07) is 13.3. The highest BCUT2D eigenvalue weighted by atomic mass is 16.5. The molecule has 1 N–H and O–H groups in total. The van der Waals surface area contributed by atoms with Crippen molar-refractivity contribution in [2.75, 3.05) is 7.11 Å². The summed E-state index contributed by atoms with van der Waals surface area (Å²) in [5, 5.41) is 3.17. The number of ether oxygens (including phenoxy) is 3. The molecule has 0 fully saturated rings. The highest BCUT2D eigenvalue weighted by Crippen LogP contribution is 2.40. The lowest BCUT2D eigenvalue weighted by Gasteiger charge is -2.38. The lowest BCUT2D eigenvalue weighted by atomic mass is 9.89. The SMILES string of the molecule is CC[C@@H](Oc1cccc(OC)c1)C(=O)N[C@H]1CC(C)(C)Oc2cc(C)ccc21. The molecule has 1 aliphatic heterocycles. The van der Waals surface area contributed by atoms with Crippen LogP contribution in [0.2, 0.25) is 0 Å². The Morgan fingerprint density at radius 2 is 2.00 bits per heavy atom. The summed E-state index contributed by atoms with van der Waals surface area (Å²) < 4.78 is 17.3. The second-order valence-corrected chi connectivity index (χ2v) is 7.86. The third-order valence-corrected chi connectivity index (χ3v) is 4.93. The Morgan fingerprint density at radius 1 is 1.25 bits per heavy atom. The van der Waals surface area contributed by atoms with Crippen LogP contribution in [0.1, 0.15) is 50.8 Å². The van der Waals surface area contributed by atoms with Crippen LogP contribution in [0.25, 0.3) is 0 Å². The molecule has 5 heteroatoms. The summed E-state index contributed by atoms with van der Waals surface area (Å²) in [5.41, 5.74) is 1.79. The molecule has 2 aromatic rings. The number of fused-ring (bicyclic) bond motifs is 1. The molecule has 1 heterocycles. The van der Waals surface area contributed by atoms with Gasteiger partial charge in [-0.05, 0) is 51.0 Å². The van der Waals surface area contributed by atoms with E-state index in [-0.39, 0.29) is 17.6 Å². The van der Waals surface area contributed by atoms with Crippen LogP contribution in [-0.4, -0.2) is 24.7 Å². The van der Waals surface area contributed by atoms with Crippen LogP contribution in [0.5, 0.6) is 17.2 Å². The van der Waals surface area contributed by atoms with E-state index in [1.807, 2.05) is 64.1 Å². The predicted molar refractivity (Wildman–Crippen MR) is 109 cm³/mol. The maximum absolute atomic E-state index is 13.0. The summed E-state index contributed by atoms with van der Waals surface area (Å²) in [6.45, 7) is 8.06. The first-order valence-corrected chi connectivity index (χ1v) is 9.72. The number of nitrogens with one attached hydrogen (secondary N) is 1. The van der Waals surface area contributed by atoms with E-state index in [1.165, 1.54) is 0 Å². The Hall–Kier alpha value is -2.69. The lowest BCUT2D eigenvalue weighted by molar-refractivity contribution is -0.129. The number of amides is 1. The highest BCUT2D eigenvalue weighted by Gasteiger charge is 2.35. The number of rotatable bonds is 6. The fourth-order valence-electron chi connectivity index (χ4n) is 3.51. The molecular formula is C23H29NO4. The van der Waals surface area contributed by atoms with Gasteiger partial charge in [0.1, 0.15) is 22.8 Å². The van der Waals surface area contributed by atoms with Crippen LogP contribution < -0.4 is 19.5 Å². The Morgan fingerprint density at radius 3 is 2.71 bits per heavy atom. The summed E-state index contributed by atoms with van der Waals surface area (Å²) >= 11 is 0. The van der Waals surface area contributed by atoms with Crippen molar-refractivity contribution in [2.45, 2.75) is 58.3 Å². The third kappa shape index (κ3) is 4.58. The van der Waals surface area contributed by atoms with Crippen LogP contribution in [0.3, 0.4) is 0 Å². The van der Waals surface area contributed by atoms with Crippen LogP contribution in [-0.2, 0) is 4.79 Å². The zero-order valence-corrected chi connectivity index (χ0v) is 17.2. The largest absolute Gasteiger partial charge is 0.497 e. The van der Waals surface area contributed by atoms with E-state index in [2.05, 4.69) is 5.32 Å². The molecular weight excluding hydrogens is 354 g/mol. The maximum atomic E-state index is 13.0. The first kappa shape index (κ1) is 20.1. The molecule has 1 amide bonds. The molecule has 0 saturated carbocycles. The molecule has 2 atom stereocenters. The fourth-order valence-corrected chi connectivity index (χ4v) is 3.51. The Labute approximate surface area is 167 Å². The zero-order chi connectivity index (χ0) is 20.3. The van der Waals surface area contributed by atoms with Crippen LogP contribution in [0, 0.1) is 6.92 Å². The smallest absolute Gasteiger partial charge is 0.261 e. The maximum Gasteiger partial charge on any atom is 0.261 e. The van der Waals surface area contributed by atoms with Gasteiger partial charge in [0.15, 0.2) is 6.10 Å². The van der Waals surface area contributed by atoms with E-state index in [0.29, 0.717) is 24.3 Å². The van der Waals surface area contributed by atoms with Gasteiger partial charge < -0.3 is 19.5 Å². The molecule has 0 aliphatic carbocycles. The number of benzene rings is 2. The number of aryl methyl sites for hydroxylation is 1. The molecule has 150 valence electrons. The molecule has 3 rings (SSSR count). The van der Waals surface area contributed by atoms with Crippen molar-refractivity contribution in [3.63, 3.8) is 0 Å². The van der Waals surface area contributed by atoms with Gasteiger partial charge >= 0.3 is 0 Å². The first-order chi connectivity index (χ1) is 13.3. The van der Waals surface area contributed by atoms with E-state index in [1.54, 1.807) is 13.2 Å². The topological polar surface area (TPSA) is 56.8 Å². The lowest BCUT2D eigenvalue weighted by Crippen LogP contribution is -2.45. The molecule has 0 spiro atoms. The summed E-state index contributed by atoms with van der Waals surface area (Å²) in [4.78, 5) is 13.0. The number of hydrogen-bond acceptors (Lipinski definition) is 4. The van der Waals surface area contributed by atoms with Gasteiger partial charge in [-0.15, -0.1) is 0 Å². The Balaban J connectivity index is 1.77. The standard InChI is InChI=1S/C23H29NO4/c1-6-20(27-17-9-7-8-16(13-17)26-5)22(25)24-19-14-23(3,4)28-21-12-15(2)10-11-18(19)21/h7-13,19-20H,6,14H2,1-5H3,(H,24,25)/t19-,20+/m0/s1. The molecule has 0 radical (unpaired) electrons. The zero-order valence-electron chi connectivity index (χ0n) is 17.2. The van der Waals surface area contributed by atoms with E-state index >= 15 is 0 Å². The number of methoxy groups -OCH3 is 1. The molecule has 0 saturated heterocycles. The van der Waals surface area contributed by atoms with Crippen molar-refractivity contribution in [3.8, 4) is 17.2 Å². The van der Waals surface area contributed by atoms with E-state index in [0.717, 1.165) is 16.9 Å². The van der Waals surface area contributed by atoms with Crippen molar-refractivity contribution < 1.29 is 19.0 Å². The van der Waals surface area contributed by atoms with E-state index < -0.39 is 6.10 Å². The molecule has 2 aromatic carbocycles. The van der Waals surface area contributed by atoms with Crippen molar-refractivity contribution in [3.05, 3.63) is 53.6 Å². The quantitative estimate of drug-likeness (QED) is 0.793. The van der Waals surface area contributed by atoms with Gasteiger partial charge in [0, 0.05) is 18.1 Å². The van der Waals surface area contributed by atoms with Crippen LogP contribution in [0.15, 0.2) is 42.5 Å². The molecule has 28 heavy (non-hydrogen) atoms. The Bertz CT molecular complexity index is 846. The minimum absolute atomic E-state index is 0.116. The van der Waals surface area contributed by atoms with Crippen molar-refractivity contribution >= 4 is 5.91 Å². The number of carbonyl (C=O) groups excluding carboxylic acids is 1. The first-order valence-electron chi connectivity index (χ1n) is 9.72. The molecule has 0 aromatic heterocycles. The second kappa shape index (κ2) is 8.13. The average molecular weight is 383 g/mol. The van der Waals surface area contributed by atoms with Gasteiger partial charge in [-0.1, -0.05) is 25.1 Å². The minimum Gasteiger partial charge on any atom is -0.497 e. The minimum atomic E-state index is -0.577. The number of carbonyl (C=O) groups is 1. The van der Waals surface area contributed by atoms with Gasteiger partial charge in [0.2, 0.25) is 0 Å². The van der Waals surface area contributed by atoms with Crippen molar-refractivity contribution in [1.29, 1.82) is 0 Å². The van der Waals surface area contributed by atoms with Gasteiger partial charge in [-0.3, -0.25) is 4.79 Å². The van der Waals surface area contributed by atoms with Crippen molar-refractivity contribution in [2.24, 2.45) is 0 Å². The predicted octanol–water partition coefficient (Wildman–Crippen LogP) is 4.58. The van der Waals surface area contributed by atoms with Gasteiger partial charge in [0.05, 0.1) is 13.2 Å². The summed E-state index contributed by atoms with van der Waals surface area (Å²) in [5.74, 6) is 2.02. The van der Waals surface area contributed by atoms with E-state index in [9.17, 15) is 4.79 Å². The van der Waals surface area contributed by atoms with Gasteiger partial charge in [-0.2, -0.15) is 0 Å². The monoisotopic (exact) mass is 383 g/mol. The second-order valence-electron chi connectivity index (χ2n) is 7.86. The highest BCUT2D eigenvalue weighted by molar-refractivity contribution is 5.81. The van der Waals surface area contributed by atoms with E-state index in [4.69, 9.17) is 14.2 Å². The Kier molecular flexibility index (Phi) is 5.82. The van der Waals surface area contributed by atoms with Gasteiger partial charge in [-0.25, -0.2) is 0 Å².